The first-order valence-electron chi connectivity index (χ1n) is 7.47. The normalized spacial score (nSPS) is 23.5. The highest BCUT2D eigenvalue weighted by Crippen LogP contribution is 2.35. The van der Waals surface area contributed by atoms with Crippen LogP contribution in [0.5, 0.6) is 0 Å². The number of nitrogens with zero attached hydrogens (tertiary/aromatic N) is 1. The van der Waals surface area contributed by atoms with Crippen LogP contribution in [0.3, 0.4) is 0 Å². The molecule has 1 N–H and O–H groups in total. The second kappa shape index (κ2) is 6.06. The Labute approximate surface area is 118 Å². The molecule has 1 unspecified atom stereocenters. The highest BCUT2D eigenvalue weighted by atomic mass is 15.1. The van der Waals surface area contributed by atoms with E-state index in [1.165, 1.54) is 37.2 Å². The lowest BCUT2D eigenvalue weighted by atomic mass is 9.76. The third-order valence-corrected chi connectivity index (χ3v) is 4.62. The average molecular weight is 260 g/mol. The van der Waals surface area contributed by atoms with Gasteiger partial charge in [0.05, 0.1) is 0 Å². The fourth-order valence-electron chi connectivity index (χ4n) is 3.29. The standard InChI is InChI=1S/C17H28N2/c1-14(2)17(8-9-18-12-17)13-19(4)11-16-7-5-6-15(3)10-16/h5-7,10,14,18H,8-9,11-13H2,1-4H3. The summed E-state index contributed by atoms with van der Waals surface area (Å²) >= 11 is 0. The fraction of sp³-hybridized carbons (Fsp3) is 0.647. The first-order chi connectivity index (χ1) is 9.02. The minimum atomic E-state index is 0.457. The van der Waals surface area contributed by atoms with Gasteiger partial charge in [-0.1, -0.05) is 43.7 Å². The summed E-state index contributed by atoms with van der Waals surface area (Å²) in [6.07, 6.45) is 1.31. The quantitative estimate of drug-likeness (QED) is 0.875. The summed E-state index contributed by atoms with van der Waals surface area (Å²) < 4.78 is 0. The highest BCUT2D eigenvalue weighted by molar-refractivity contribution is 5.22. The van der Waals surface area contributed by atoms with E-state index in [9.17, 15) is 0 Å². The molecule has 0 saturated carbocycles. The van der Waals surface area contributed by atoms with E-state index in [0.717, 1.165) is 12.5 Å². The average Bonchev–Trinajstić information content (AvgIpc) is 2.78. The van der Waals surface area contributed by atoms with Gasteiger partial charge in [-0.15, -0.1) is 0 Å². The zero-order valence-corrected chi connectivity index (χ0v) is 12.9. The van der Waals surface area contributed by atoms with Crippen molar-refractivity contribution in [2.24, 2.45) is 11.3 Å². The van der Waals surface area contributed by atoms with Gasteiger partial charge in [-0.05, 0) is 43.8 Å². The van der Waals surface area contributed by atoms with E-state index in [0.29, 0.717) is 5.41 Å². The van der Waals surface area contributed by atoms with Crippen LogP contribution in [0.4, 0.5) is 0 Å². The fourth-order valence-corrected chi connectivity index (χ4v) is 3.29. The first-order valence-corrected chi connectivity index (χ1v) is 7.47. The summed E-state index contributed by atoms with van der Waals surface area (Å²) in [7, 11) is 2.25. The SMILES string of the molecule is Cc1cccc(CN(C)CC2(C(C)C)CCNC2)c1. The van der Waals surface area contributed by atoms with Crippen LogP contribution in [0.15, 0.2) is 24.3 Å². The van der Waals surface area contributed by atoms with Crippen molar-refractivity contribution in [2.45, 2.75) is 33.7 Å². The molecular weight excluding hydrogens is 232 g/mol. The molecule has 1 aromatic rings. The van der Waals surface area contributed by atoms with Gasteiger partial charge in [0.25, 0.3) is 0 Å². The van der Waals surface area contributed by atoms with E-state index in [2.05, 4.69) is 62.3 Å². The van der Waals surface area contributed by atoms with Gasteiger partial charge in [-0.3, -0.25) is 0 Å². The maximum absolute atomic E-state index is 3.55. The van der Waals surface area contributed by atoms with Gasteiger partial charge in [-0.2, -0.15) is 0 Å². The predicted octanol–water partition coefficient (Wildman–Crippen LogP) is 3.06. The first kappa shape index (κ1) is 14.5. The van der Waals surface area contributed by atoms with E-state index in [1.54, 1.807) is 0 Å². The minimum absolute atomic E-state index is 0.457. The van der Waals surface area contributed by atoms with E-state index in [-0.39, 0.29) is 0 Å². The van der Waals surface area contributed by atoms with Gasteiger partial charge in [0.1, 0.15) is 0 Å². The van der Waals surface area contributed by atoms with Crippen LogP contribution in [0, 0.1) is 18.3 Å². The van der Waals surface area contributed by atoms with Crippen molar-refractivity contribution >= 4 is 0 Å². The van der Waals surface area contributed by atoms with Crippen molar-refractivity contribution in [3.05, 3.63) is 35.4 Å². The summed E-state index contributed by atoms with van der Waals surface area (Å²) in [5.74, 6) is 0.738. The molecule has 2 nitrogen and oxygen atoms in total. The van der Waals surface area contributed by atoms with Crippen molar-refractivity contribution in [1.29, 1.82) is 0 Å². The van der Waals surface area contributed by atoms with Crippen molar-refractivity contribution in [1.82, 2.24) is 10.2 Å². The summed E-state index contributed by atoms with van der Waals surface area (Å²) in [5.41, 5.74) is 3.23. The molecule has 0 spiro atoms. The Bertz CT molecular complexity index is 405. The van der Waals surface area contributed by atoms with Gasteiger partial charge < -0.3 is 10.2 Å². The van der Waals surface area contributed by atoms with Gasteiger partial charge in [-0.25, -0.2) is 0 Å². The van der Waals surface area contributed by atoms with Crippen LogP contribution < -0.4 is 5.32 Å². The Morgan fingerprint density at radius 3 is 2.74 bits per heavy atom. The molecule has 106 valence electrons. The molecule has 1 aliphatic heterocycles. The number of rotatable bonds is 5. The lowest BCUT2D eigenvalue weighted by Gasteiger charge is -2.36. The zero-order valence-electron chi connectivity index (χ0n) is 12.9. The molecule has 1 aromatic carbocycles. The van der Waals surface area contributed by atoms with Crippen LogP contribution in [0.2, 0.25) is 0 Å². The molecule has 0 amide bonds. The molecule has 1 heterocycles. The zero-order chi connectivity index (χ0) is 13.9. The molecular formula is C17H28N2. The Morgan fingerprint density at radius 2 is 2.16 bits per heavy atom. The van der Waals surface area contributed by atoms with E-state index < -0.39 is 0 Å². The predicted molar refractivity (Wildman–Crippen MR) is 82.3 cm³/mol. The van der Waals surface area contributed by atoms with Crippen LogP contribution in [0.1, 0.15) is 31.4 Å². The smallest absolute Gasteiger partial charge is 0.0231 e. The Hall–Kier alpha value is -0.860. The van der Waals surface area contributed by atoms with Crippen LogP contribution in [-0.2, 0) is 6.54 Å². The summed E-state index contributed by atoms with van der Waals surface area (Å²) in [5, 5.41) is 3.55. The molecule has 1 aliphatic rings. The number of benzene rings is 1. The third-order valence-electron chi connectivity index (χ3n) is 4.62. The molecule has 2 rings (SSSR count). The highest BCUT2D eigenvalue weighted by Gasteiger charge is 2.37. The second-order valence-corrected chi connectivity index (χ2v) is 6.61. The lowest BCUT2D eigenvalue weighted by Crippen LogP contribution is -2.41. The maximum Gasteiger partial charge on any atom is 0.0231 e. The van der Waals surface area contributed by atoms with E-state index in [1.807, 2.05) is 0 Å². The summed E-state index contributed by atoms with van der Waals surface area (Å²) in [6.45, 7) is 11.5. The lowest BCUT2D eigenvalue weighted by molar-refractivity contribution is 0.132. The van der Waals surface area contributed by atoms with Crippen molar-refractivity contribution in [3.8, 4) is 0 Å². The molecule has 0 aliphatic carbocycles. The number of hydrogen-bond acceptors (Lipinski definition) is 2. The Balaban J connectivity index is 1.98. The molecule has 19 heavy (non-hydrogen) atoms. The van der Waals surface area contributed by atoms with Crippen LogP contribution in [-0.4, -0.2) is 31.6 Å². The molecule has 2 heteroatoms. The van der Waals surface area contributed by atoms with Crippen molar-refractivity contribution in [2.75, 3.05) is 26.7 Å². The van der Waals surface area contributed by atoms with Crippen LogP contribution in [0.25, 0.3) is 0 Å². The topological polar surface area (TPSA) is 15.3 Å². The largest absolute Gasteiger partial charge is 0.316 e. The summed E-state index contributed by atoms with van der Waals surface area (Å²) in [4.78, 5) is 2.49. The Morgan fingerprint density at radius 1 is 1.37 bits per heavy atom. The van der Waals surface area contributed by atoms with Gasteiger partial charge >= 0.3 is 0 Å². The molecule has 1 fully saturated rings. The van der Waals surface area contributed by atoms with Gasteiger partial charge in [0.2, 0.25) is 0 Å². The maximum atomic E-state index is 3.55. The van der Waals surface area contributed by atoms with E-state index >= 15 is 0 Å². The molecule has 1 atom stereocenters. The molecule has 0 bridgehead atoms. The molecule has 0 aromatic heterocycles. The number of nitrogens with one attached hydrogen (secondary N) is 1. The number of hydrogen-bond donors (Lipinski definition) is 1. The second-order valence-electron chi connectivity index (χ2n) is 6.61. The third kappa shape index (κ3) is 3.58. The van der Waals surface area contributed by atoms with Gasteiger partial charge in [0.15, 0.2) is 0 Å². The number of aryl methyl sites for hydroxylation is 1. The molecule has 1 saturated heterocycles. The van der Waals surface area contributed by atoms with Gasteiger partial charge in [0, 0.05) is 19.6 Å². The van der Waals surface area contributed by atoms with E-state index in [4.69, 9.17) is 0 Å². The van der Waals surface area contributed by atoms with Crippen LogP contribution >= 0.6 is 0 Å². The minimum Gasteiger partial charge on any atom is -0.316 e. The Kier molecular flexibility index (Phi) is 4.64. The van der Waals surface area contributed by atoms with Crippen molar-refractivity contribution < 1.29 is 0 Å². The summed E-state index contributed by atoms with van der Waals surface area (Å²) in [6, 6.07) is 8.86. The molecule has 0 radical (unpaired) electrons. The van der Waals surface area contributed by atoms with Crippen molar-refractivity contribution in [3.63, 3.8) is 0 Å². The monoisotopic (exact) mass is 260 g/mol.